The molecule has 0 heterocycles. The lowest BCUT2D eigenvalue weighted by Gasteiger charge is -2.14. The van der Waals surface area contributed by atoms with E-state index in [1.807, 2.05) is 12.1 Å². The highest BCUT2D eigenvalue weighted by atomic mass is 19.1. The van der Waals surface area contributed by atoms with Gasteiger partial charge < -0.3 is 14.6 Å². The molecule has 5 heteroatoms. The number of benzene rings is 2. The molecule has 2 aromatic rings. The van der Waals surface area contributed by atoms with Crippen LogP contribution in [0.15, 0.2) is 43.0 Å². The summed E-state index contributed by atoms with van der Waals surface area (Å²) < 4.78 is 24.8. The molecule has 0 amide bonds. The van der Waals surface area contributed by atoms with E-state index < -0.39 is 11.8 Å². The zero-order chi connectivity index (χ0) is 17.0. The Balaban J connectivity index is 2.27. The Morgan fingerprint density at radius 3 is 2.43 bits per heavy atom. The minimum Gasteiger partial charge on any atom is -0.497 e. The van der Waals surface area contributed by atoms with Crippen molar-refractivity contribution in [2.75, 3.05) is 7.11 Å². The molecule has 0 radical (unpaired) electrons. The Morgan fingerprint density at radius 1 is 1.26 bits per heavy atom. The second-order valence-corrected chi connectivity index (χ2v) is 5.06. The Hall–Kier alpha value is -2.82. The van der Waals surface area contributed by atoms with Crippen LogP contribution in [0.5, 0.6) is 11.5 Å². The lowest BCUT2D eigenvalue weighted by molar-refractivity contribution is 0.0696. The van der Waals surface area contributed by atoms with E-state index in [4.69, 9.17) is 14.6 Å². The smallest absolute Gasteiger partial charge is 0.335 e. The van der Waals surface area contributed by atoms with Gasteiger partial charge in [-0.05, 0) is 42.3 Å². The lowest BCUT2D eigenvalue weighted by atomic mass is 10.0. The van der Waals surface area contributed by atoms with Crippen LogP contribution in [0.4, 0.5) is 4.39 Å². The van der Waals surface area contributed by atoms with E-state index in [0.717, 1.165) is 11.6 Å². The number of hydrogen-bond donors (Lipinski definition) is 1. The van der Waals surface area contributed by atoms with Crippen LogP contribution in [0.3, 0.4) is 0 Å². The van der Waals surface area contributed by atoms with Crippen molar-refractivity contribution in [2.45, 2.75) is 13.5 Å². The third kappa shape index (κ3) is 3.88. The van der Waals surface area contributed by atoms with Crippen LogP contribution in [0.1, 0.15) is 28.4 Å². The molecule has 0 saturated heterocycles. The Bertz CT molecular complexity index is 735. The molecular weight excluding hydrogens is 299 g/mol. The van der Waals surface area contributed by atoms with Gasteiger partial charge in [0, 0.05) is 5.56 Å². The van der Waals surface area contributed by atoms with E-state index in [0.29, 0.717) is 16.9 Å². The molecule has 0 saturated carbocycles. The summed E-state index contributed by atoms with van der Waals surface area (Å²) >= 11 is 0. The topological polar surface area (TPSA) is 55.8 Å². The van der Waals surface area contributed by atoms with Crippen LogP contribution in [-0.4, -0.2) is 18.2 Å². The molecule has 1 N–H and O–H groups in total. The molecule has 0 unspecified atom stereocenters. The SMILES string of the molecule is C=C(C)c1cc(C(=O)O)cc(F)c1OCc1ccc(OC)cc1. The quantitative estimate of drug-likeness (QED) is 0.870. The van der Waals surface area contributed by atoms with Crippen molar-refractivity contribution in [1.82, 2.24) is 0 Å². The van der Waals surface area contributed by atoms with Crippen molar-refractivity contribution < 1.29 is 23.8 Å². The zero-order valence-corrected chi connectivity index (χ0v) is 12.9. The largest absolute Gasteiger partial charge is 0.497 e. The first-order valence-electron chi connectivity index (χ1n) is 6.91. The van der Waals surface area contributed by atoms with Crippen molar-refractivity contribution in [2.24, 2.45) is 0 Å². The minimum atomic E-state index is -1.20. The molecule has 0 aliphatic carbocycles. The number of carbonyl (C=O) groups is 1. The standard InChI is InChI=1S/C18H17FO4/c1-11(2)15-8-13(18(20)21)9-16(19)17(15)23-10-12-4-6-14(22-3)7-5-12/h4-9H,1,10H2,2-3H3,(H,20,21). The Kier molecular flexibility index (Phi) is 5.01. The molecule has 0 fully saturated rings. The summed E-state index contributed by atoms with van der Waals surface area (Å²) in [6.45, 7) is 5.56. The third-order valence-corrected chi connectivity index (χ3v) is 3.29. The van der Waals surface area contributed by atoms with E-state index >= 15 is 0 Å². The normalized spacial score (nSPS) is 10.2. The van der Waals surface area contributed by atoms with Crippen LogP contribution >= 0.6 is 0 Å². The molecule has 0 aliphatic rings. The highest BCUT2D eigenvalue weighted by Gasteiger charge is 2.16. The molecule has 2 rings (SSSR count). The number of hydrogen-bond acceptors (Lipinski definition) is 3. The number of aromatic carboxylic acids is 1. The van der Waals surface area contributed by atoms with Crippen LogP contribution in [0, 0.1) is 5.82 Å². The molecule has 0 aliphatic heterocycles. The van der Waals surface area contributed by atoms with Gasteiger partial charge in [0.25, 0.3) is 0 Å². The van der Waals surface area contributed by atoms with Crippen molar-refractivity contribution in [1.29, 1.82) is 0 Å². The first-order chi connectivity index (χ1) is 10.9. The van der Waals surface area contributed by atoms with E-state index in [9.17, 15) is 9.18 Å². The number of rotatable bonds is 6. The predicted octanol–water partition coefficient (Wildman–Crippen LogP) is 4.14. The van der Waals surface area contributed by atoms with Crippen LogP contribution < -0.4 is 9.47 Å². The highest BCUT2D eigenvalue weighted by Crippen LogP contribution is 2.30. The highest BCUT2D eigenvalue weighted by molar-refractivity contribution is 5.89. The molecule has 0 atom stereocenters. The van der Waals surface area contributed by atoms with Gasteiger partial charge in [-0.2, -0.15) is 0 Å². The van der Waals surface area contributed by atoms with Crippen molar-refractivity contribution in [3.63, 3.8) is 0 Å². The summed E-state index contributed by atoms with van der Waals surface area (Å²) in [7, 11) is 1.57. The van der Waals surface area contributed by atoms with E-state index in [-0.39, 0.29) is 17.9 Å². The van der Waals surface area contributed by atoms with Crippen molar-refractivity contribution in [3.05, 3.63) is 65.5 Å². The fourth-order valence-electron chi connectivity index (χ4n) is 2.06. The maximum atomic E-state index is 14.2. The first-order valence-corrected chi connectivity index (χ1v) is 6.91. The van der Waals surface area contributed by atoms with Gasteiger partial charge in [-0.3, -0.25) is 0 Å². The predicted molar refractivity (Wildman–Crippen MR) is 85.4 cm³/mol. The molecule has 23 heavy (non-hydrogen) atoms. The molecule has 120 valence electrons. The van der Waals surface area contributed by atoms with Crippen LogP contribution in [0.25, 0.3) is 5.57 Å². The molecule has 0 spiro atoms. The number of allylic oxidation sites excluding steroid dienone is 1. The third-order valence-electron chi connectivity index (χ3n) is 3.29. The molecule has 0 aromatic heterocycles. The fourth-order valence-corrected chi connectivity index (χ4v) is 2.06. The van der Waals surface area contributed by atoms with Crippen LogP contribution in [-0.2, 0) is 6.61 Å². The first kappa shape index (κ1) is 16.5. The molecule has 4 nitrogen and oxygen atoms in total. The van der Waals surface area contributed by atoms with Gasteiger partial charge in [0.05, 0.1) is 12.7 Å². The summed E-state index contributed by atoms with van der Waals surface area (Å²) in [6, 6.07) is 9.48. The summed E-state index contributed by atoms with van der Waals surface area (Å²) in [4.78, 5) is 11.0. The lowest BCUT2D eigenvalue weighted by Crippen LogP contribution is -2.04. The average Bonchev–Trinajstić information content (AvgIpc) is 2.53. The van der Waals surface area contributed by atoms with E-state index in [1.165, 1.54) is 6.07 Å². The maximum absolute atomic E-state index is 14.2. The van der Waals surface area contributed by atoms with E-state index in [1.54, 1.807) is 26.2 Å². The van der Waals surface area contributed by atoms with Gasteiger partial charge in [-0.1, -0.05) is 18.7 Å². The summed E-state index contributed by atoms with van der Waals surface area (Å²) in [5.41, 5.74) is 1.56. The van der Waals surface area contributed by atoms with Gasteiger partial charge in [0.2, 0.25) is 0 Å². The van der Waals surface area contributed by atoms with Gasteiger partial charge in [0.15, 0.2) is 11.6 Å². The number of methoxy groups -OCH3 is 1. The Morgan fingerprint density at radius 2 is 1.91 bits per heavy atom. The average molecular weight is 316 g/mol. The summed E-state index contributed by atoms with van der Waals surface area (Å²) in [5.74, 6) is -1.21. The number of halogens is 1. The minimum absolute atomic E-state index is 0.00156. The second kappa shape index (κ2) is 6.96. The van der Waals surface area contributed by atoms with Gasteiger partial charge in [-0.25, -0.2) is 9.18 Å². The monoisotopic (exact) mass is 316 g/mol. The zero-order valence-electron chi connectivity index (χ0n) is 12.9. The molecule has 2 aromatic carbocycles. The van der Waals surface area contributed by atoms with E-state index in [2.05, 4.69) is 6.58 Å². The van der Waals surface area contributed by atoms with Gasteiger partial charge >= 0.3 is 5.97 Å². The van der Waals surface area contributed by atoms with Crippen molar-refractivity contribution >= 4 is 11.5 Å². The summed E-state index contributed by atoms with van der Waals surface area (Å²) in [5, 5.41) is 9.01. The summed E-state index contributed by atoms with van der Waals surface area (Å²) in [6.07, 6.45) is 0. The molecular formula is C18H17FO4. The number of carboxylic acids is 1. The maximum Gasteiger partial charge on any atom is 0.335 e. The number of ether oxygens (including phenoxy) is 2. The van der Waals surface area contributed by atoms with Crippen LogP contribution in [0.2, 0.25) is 0 Å². The molecule has 0 bridgehead atoms. The second-order valence-electron chi connectivity index (χ2n) is 5.06. The van der Waals surface area contributed by atoms with Gasteiger partial charge in [-0.15, -0.1) is 0 Å². The van der Waals surface area contributed by atoms with Gasteiger partial charge in [0.1, 0.15) is 12.4 Å². The Labute approximate surface area is 133 Å². The fraction of sp³-hybridized carbons (Fsp3) is 0.167. The van der Waals surface area contributed by atoms with Crippen molar-refractivity contribution in [3.8, 4) is 11.5 Å². The number of carboxylic acid groups (broad SMARTS) is 1.